The van der Waals surface area contributed by atoms with Crippen LogP contribution in [0.15, 0.2) is 30.3 Å². The smallest absolute Gasteiger partial charge is 0.410 e. The Morgan fingerprint density at radius 1 is 1.24 bits per heavy atom. The quantitative estimate of drug-likeness (QED) is 0.896. The number of carbonyl (C=O) groups is 1. The maximum Gasteiger partial charge on any atom is 0.410 e. The fourth-order valence-electron chi connectivity index (χ4n) is 2.07. The number of hydrogen-bond acceptors (Lipinski definition) is 4. The molecule has 1 aliphatic heterocycles. The normalized spacial score (nSPS) is 16.7. The second kappa shape index (κ2) is 8.64. The van der Waals surface area contributed by atoms with Gasteiger partial charge >= 0.3 is 6.09 Å². The molecule has 0 atom stereocenters. The van der Waals surface area contributed by atoms with Crippen molar-refractivity contribution in [2.75, 3.05) is 19.7 Å². The van der Waals surface area contributed by atoms with Crippen LogP contribution in [-0.4, -0.2) is 46.5 Å². The lowest BCUT2D eigenvalue weighted by Gasteiger charge is -2.36. The van der Waals surface area contributed by atoms with Crippen LogP contribution >= 0.6 is 0 Å². The van der Waals surface area contributed by atoms with E-state index in [1.54, 1.807) is 4.90 Å². The third-order valence-electron chi connectivity index (χ3n) is 3.45. The average molecular weight is 295 g/mol. The van der Waals surface area contributed by atoms with Gasteiger partial charge in [0.05, 0.1) is 12.2 Å². The van der Waals surface area contributed by atoms with Crippen molar-refractivity contribution in [1.82, 2.24) is 4.90 Å². The van der Waals surface area contributed by atoms with E-state index in [4.69, 9.17) is 9.84 Å². The predicted octanol–water partition coefficient (Wildman–Crippen LogP) is 2.17. The largest absolute Gasteiger partial charge is 0.445 e. The van der Waals surface area contributed by atoms with Crippen LogP contribution in [0.2, 0.25) is 0 Å². The van der Waals surface area contributed by atoms with E-state index in [0.29, 0.717) is 25.9 Å². The first-order valence-electron chi connectivity index (χ1n) is 7.42. The molecule has 0 radical (unpaired) electrons. The van der Waals surface area contributed by atoms with Gasteiger partial charge in [-0.15, -0.1) is 0 Å². The van der Waals surface area contributed by atoms with E-state index in [0.717, 1.165) is 5.56 Å². The third-order valence-corrected chi connectivity index (χ3v) is 3.45. The highest BCUT2D eigenvalue weighted by Crippen LogP contribution is 2.22. The number of aliphatic hydroxyl groups excluding tert-OH is 1. The number of piperidine rings is 1. The minimum atomic E-state index is -1.05. The molecule has 1 saturated heterocycles. The van der Waals surface area contributed by atoms with Crippen LogP contribution in [0.1, 0.15) is 32.3 Å². The summed E-state index contributed by atoms with van der Waals surface area (Å²) in [5.41, 5.74) is -0.101. The number of benzene rings is 1. The molecule has 0 spiro atoms. The molecular formula is C16H25NO4. The first kappa shape index (κ1) is 17.5. The zero-order valence-corrected chi connectivity index (χ0v) is 12.8. The Morgan fingerprint density at radius 2 is 1.81 bits per heavy atom. The zero-order valence-electron chi connectivity index (χ0n) is 12.8. The second-order valence-electron chi connectivity index (χ2n) is 4.91. The minimum absolute atomic E-state index is 0.250. The van der Waals surface area contributed by atoms with Gasteiger partial charge in [0.2, 0.25) is 0 Å². The highest BCUT2D eigenvalue weighted by molar-refractivity contribution is 5.67. The lowest BCUT2D eigenvalue weighted by Crippen LogP contribution is -2.48. The first-order chi connectivity index (χ1) is 10.1. The number of aliphatic hydroxyl groups is 2. The average Bonchev–Trinajstić information content (AvgIpc) is 2.56. The molecule has 0 aromatic heterocycles. The van der Waals surface area contributed by atoms with E-state index in [1.807, 2.05) is 44.2 Å². The molecule has 0 bridgehead atoms. The second-order valence-corrected chi connectivity index (χ2v) is 4.91. The van der Waals surface area contributed by atoms with E-state index < -0.39 is 5.60 Å². The number of rotatable bonds is 3. The summed E-state index contributed by atoms with van der Waals surface area (Å²) < 4.78 is 5.21. The van der Waals surface area contributed by atoms with Gasteiger partial charge < -0.3 is 19.8 Å². The van der Waals surface area contributed by atoms with E-state index in [-0.39, 0.29) is 19.3 Å². The molecule has 5 nitrogen and oxygen atoms in total. The van der Waals surface area contributed by atoms with Crippen LogP contribution in [0.25, 0.3) is 0 Å². The first-order valence-corrected chi connectivity index (χ1v) is 7.42. The number of carbonyl (C=O) groups excluding carboxylic acids is 1. The van der Waals surface area contributed by atoms with Gasteiger partial charge in [-0.2, -0.15) is 0 Å². The Bertz CT molecular complexity index is 414. The SMILES string of the molecule is CC.O=C(OCc1ccccc1)N1CCC(O)(CO)CC1. The van der Waals surface area contributed by atoms with Gasteiger partial charge in [-0.05, 0) is 18.4 Å². The summed E-state index contributed by atoms with van der Waals surface area (Å²) in [6.45, 7) is 4.80. The Kier molecular flexibility index (Phi) is 7.19. The molecule has 2 N–H and O–H groups in total. The fourth-order valence-corrected chi connectivity index (χ4v) is 2.07. The maximum absolute atomic E-state index is 11.8. The monoisotopic (exact) mass is 295 g/mol. The highest BCUT2D eigenvalue weighted by Gasteiger charge is 2.33. The van der Waals surface area contributed by atoms with Crippen molar-refractivity contribution < 1.29 is 19.7 Å². The number of amides is 1. The Balaban J connectivity index is 0.00000106. The van der Waals surface area contributed by atoms with Crippen LogP contribution < -0.4 is 0 Å². The topological polar surface area (TPSA) is 70.0 Å². The fraction of sp³-hybridized carbons (Fsp3) is 0.562. The molecule has 1 aliphatic rings. The van der Waals surface area contributed by atoms with Gasteiger partial charge in [0.1, 0.15) is 6.61 Å². The molecular weight excluding hydrogens is 270 g/mol. The standard InChI is InChI=1S/C14H19NO4.C2H6/c16-11-14(18)6-8-15(9-7-14)13(17)19-10-12-4-2-1-3-5-12;1-2/h1-5,16,18H,6-11H2;1-2H3. The molecule has 0 unspecified atom stereocenters. The van der Waals surface area contributed by atoms with E-state index in [1.165, 1.54) is 0 Å². The van der Waals surface area contributed by atoms with Crippen molar-refractivity contribution in [3.05, 3.63) is 35.9 Å². The summed E-state index contributed by atoms with van der Waals surface area (Å²) in [6.07, 6.45) is 0.386. The Morgan fingerprint density at radius 3 is 2.33 bits per heavy atom. The van der Waals surface area contributed by atoms with Crippen molar-refractivity contribution in [3.63, 3.8) is 0 Å². The van der Waals surface area contributed by atoms with E-state index in [2.05, 4.69) is 0 Å². The summed E-state index contributed by atoms with van der Waals surface area (Å²) in [5.74, 6) is 0. The van der Waals surface area contributed by atoms with Gasteiger partial charge in [0.15, 0.2) is 0 Å². The summed E-state index contributed by atoms with van der Waals surface area (Å²) in [5, 5.41) is 18.9. The molecule has 1 heterocycles. The Labute approximate surface area is 126 Å². The van der Waals surface area contributed by atoms with Gasteiger partial charge in [0.25, 0.3) is 0 Å². The van der Waals surface area contributed by atoms with Crippen molar-refractivity contribution in [3.8, 4) is 0 Å². The molecule has 1 fully saturated rings. The number of ether oxygens (including phenoxy) is 1. The zero-order chi connectivity index (χ0) is 15.7. The summed E-state index contributed by atoms with van der Waals surface area (Å²) >= 11 is 0. The van der Waals surface area contributed by atoms with Crippen molar-refractivity contribution >= 4 is 6.09 Å². The Hall–Kier alpha value is -1.59. The van der Waals surface area contributed by atoms with Crippen LogP contribution in [0.5, 0.6) is 0 Å². The number of nitrogens with zero attached hydrogens (tertiary/aromatic N) is 1. The molecule has 5 heteroatoms. The molecule has 0 aliphatic carbocycles. The maximum atomic E-state index is 11.8. The lowest BCUT2D eigenvalue weighted by molar-refractivity contribution is -0.0575. The van der Waals surface area contributed by atoms with Gasteiger partial charge in [-0.1, -0.05) is 44.2 Å². The third kappa shape index (κ3) is 5.36. The van der Waals surface area contributed by atoms with Gasteiger partial charge in [-0.25, -0.2) is 4.79 Å². The molecule has 2 rings (SSSR count). The van der Waals surface area contributed by atoms with Gasteiger partial charge in [0, 0.05) is 13.1 Å². The molecule has 0 saturated carbocycles. The van der Waals surface area contributed by atoms with E-state index in [9.17, 15) is 9.90 Å². The molecule has 118 valence electrons. The predicted molar refractivity (Wildman–Crippen MR) is 80.8 cm³/mol. The van der Waals surface area contributed by atoms with Crippen molar-refractivity contribution in [2.45, 2.75) is 38.9 Å². The molecule has 1 aromatic rings. The van der Waals surface area contributed by atoms with Crippen LogP contribution in [0, 0.1) is 0 Å². The number of hydrogen-bond donors (Lipinski definition) is 2. The summed E-state index contributed by atoms with van der Waals surface area (Å²) in [6, 6.07) is 9.49. The van der Waals surface area contributed by atoms with Crippen molar-refractivity contribution in [1.29, 1.82) is 0 Å². The number of likely N-dealkylation sites (tertiary alicyclic amines) is 1. The molecule has 1 amide bonds. The van der Waals surface area contributed by atoms with Crippen molar-refractivity contribution in [2.24, 2.45) is 0 Å². The molecule has 21 heavy (non-hydrogen) atoms. The van der Waals surface area contributed by atoms with Gasteiger partial charge in [-0.3, -0.25) is 0 Å². The summed E-state index contributed by atoms with van der Waals surface area (Å²) in [7, 11) is 0. The van der Waals surface area contributed by atoms with Crippen LogP contribution in [-0.2, 0) is 11.3 Å². The lowest BCUT2D eigenvalue weighted by atomic mass is 9.93. The van der Waals surface area contributed by atoms with E-state index >= 15 is 0 Å². The molecule has 1 aromatic carbocycles. The van der Waals surface area contributed by atoms with Crippen LogP contribution in [0.4, 0.5) is 4.79 Å². The highest BCUT2D eigenvalue weighted by atomic mass is 16.6. The summed E-state index contributed by atoms with van der Waals surface area (Å²) in [4.78, 5) is 13.4. The van der Waals surface area contributed by atoms with Crippen LogP contribution in [0.3, 0.4) is 0 Å². The minimum Gasteiger partial charge on any atom is -0.445 e.